The molecular weight excluding hydrogens is 349 g/mol. The van der Waals surface area contributed by atoms with Crippen molar-refractivity contribution >= 4 is 39.2 Å². The molecule has 20 heavy (non-hydrogen) atoms. The molecule has 1 aromatic rings. The van der Waals surface area contributed by atoms with Gasteiger partial charge in [0.05, 0.1) is 10.7 Å². The Hall–Kier alpha value is -0.850. The summed E-state index contributed by atoms with van der Waals surface area (Å²) in [5.41, 5.74) is 0.0983. The normalized spacial score (nSPS) is 16.3. The summed E-state index contributed by atoms with van der Waals surface area (Å²) in [6.45, 7) is 6.04. The van der Waals surface area contributed by atoms with Crippen molar-refractivity contribution in [2.24, 2.45) is 0 Å². The van der Waals surface area contributed by atoms with E-state index in [2.05, 4.69) is 33.1 Å². The van der Waals surface area contributed by atoms with Gasteiger partial charge in [0.1, 0.15) is 0 Å². The molecule has 4 nitrogen and oxygen atoms in total. The van der Waals surface area contributed by atoms with Gasteiger partial charge in [-0.15, -0.1) is 0 Å². The van der Waals surface area contributed by atoms with Crippen LogP contribution in [0.25, 0.3) is 0 Å². The molecule has 1 aliphatic heterocycles. The maximum Gasteiger partial charge on any atom is 0.322 e. The SMILES string of the molecule is CCN1CCN(C(=O)Nc2ccc(Br)c(Cl)c2F)CC1. The van der Waals surface area contributed by atoms with Crippen LogP contribution in [0.4, 0.5) is 14.9 Å². The maximum absolute atomic E-state index is 13.9. The van der Waals surface area contributed by atoms with Crippen molar-refractivity contribution in [3.63, 3.8) is 0 Å². The first-order valence-corrected chi connectivity index (χ1v) is 7.61. The van der Waals surface area contributed by atoms with E-state index in [1.807, 2.05) is 0 Å². The second-order valence-electron chi connectivity index (χ2n) is 4.57. The topological polar surface area (TPSA) is 35.6 Å². The smallest absolute Gasteiger partial charge is 0.322 e. The van der Waals surface area contributed by atoms with Crippen molar-refractivity contribution in [3.05, 3.63) is 27.4 Å². The van der Waals surface area contributed by atoms with E-state index in [0.717, 1.165) is 19.6 Å². The summed E-state index contributed by atoms with van der Waals surface area (Å²) < 4.78 is 14.4. The standard InChI is InChI=1S/C13H16BrClFN3O/c1-2-18-5-7-19(8-6-18)13(20)17-10-4-3-9(14)11(15)12(10)16/h3-4H,2,5-8H2,1H3,(H,17,20). The van der Waals surface area contributed by atoms with Gasteiger partial charge in [0.15, 0.2) is 5.82 Å². The third kappa shape index (κ3) is 3.42. The Morgan fingerprint density at radius 1 is 1.40 bits per heavy atom. The van der Waals surface area contributed by atoms with E-state index in [1.54, 1.807) is 11.0 Å². The summed E-state index contributed by atoms with van der Waals surface area (Å²) in [7, 11) is 0. The molecule has 0 unspecified atom stereocenters. The highest BCUT2D eigenvalue weighted by Crippen LogP contribution is 2.30. The second-order valence-corrected chi connectivity index (χ2v) is 5.81. The molecule has 1 fully saturated rings. The van der Waals surface area contributed by atoms with E-state index in [9.17, 15) is 9.18 Å². The fourth-order valence-electron chi connectivity index (χ4n) is 2.08. The molecule has 0 saturated carbocycles. The van der Waals surface area contributed by atoms with E-state index in [1.165, 1.54) is 6.07 Å². The van der Waals surface area contributed by atoms with Gasteiger partial charge in [0.25, 0.3) is 0 Å². The highest BCUT2D eigenvalue weighted by molar-refractivity contribution is 9.10. The number of hydrogen-bond donors (Lipinski definition) is 1. The number of anilines is 1. The summed E-state index contributed by atoms with van der Waals surface area (Å²) in [6.07, 6.45) is 0. The highest BCUT2D eigenvalue weighted by Gasteiger charge is 2.21. The lowest BCUT2D eigenvalue weighted by Gasteiger charge is -2.34. The van der Waals surface area contributed by atoms with Crippen molar-refractivity contribution in [2.45, 2.75) is 6.92 Å². The molecule has 0 aromatic heterocycles. The number of halogens is 3. The monoisotopic (exact) mass is 363 g/mol. The van der Waals surface area contributed by atoms with Crippen LogP contribution in [0.2, 0.25) is 5.02 Å². The predicted molar refractivity (Wildman–Crippen MR) is 81.8 cm³/mol. The molecule has 0 atom stereocenters. The number of nitrogens with zero attached hydrogens (tertiary/aromatic N) is 2. The minimum atomic E-state index is -0.624. The molecule has 1 heterocycles. The van der Waals surface area contributed by atoms with E-state index in [4.69, 9.17) is 11.6 Å². The molecule has 7 heteroatoms. The van der Waals surface area contributed by atoms with Gasteiger partial charge < -0.3 is 15.1 Å². The summed E-state index contributed by atoms with van der Waals surface area (Å²) >= 11 is 8.93. The fourth-order valence-corrected chi connectivity index (χ4v) is 2.55. The number of nitrogens with one attached hydrogen (secondary N) is 1. The Bertz CT molecular complexity index is 507. The molecule has 1 aromatic carbocycles. The second kappa shape index (κ2) is 6.74. The lowest BCUT2D eigenvalue weighted by molar-refractivity contribution is 0.151. The van der Waals surface area contributed by atoms with Crippen LogP contribution in [0.15, 0.2) is 16.6 Å². The number of amides is 2. The summed E-state index contributed by atoms with van der Waals surface area (Å²) in [4.78, 5) is 16.0. The summed E-state index contributed by atoms with van der Waals surface area (Å²) in [6, 6.07) is 2.81. The van der Waals surface area contributed by atoms with Crippen LogP contribution >= 0.6 is 27.5 Å². The van der Waals surface area contributed by atoms with Crippen LogP contribution < -0.4 is 5.32 Å². The quantitative estimate of drug-likeness (QED) is 0.816. The van der Waals surface area contributed by atoms with E-state index in [0.29, 0.717) is 17.6 Å². The van der Waals surface area contributed by atoms with Gasteiger partial charge in [-0.25, -0.2) is 9.18 Å². The Kier molecular flexibility index (Phi) is 5.23. The largest absolute Gasteiger partial charge is 0.322 e. The number of hydrogen-bond acceptors (Lipinski definition) is 2. The fraction of sp³-hybridized carbons (Fsp3) is 0.462. The van der Waals surface area contributed by atoms with Crippen LogP contribution in [0.3, 0.4) is 0 Å². The number of carbonyl (C=O) groups excluding carboxylic acids is 1. The van der Waals surface area contributed by atoms with Crippen LogP contribution in [0.1, 0.15) is 6.92 Å². The molecule has 1 aliphatic rings. The zero-order valence-corrected chi connectivity index (χ0v) is 13.5. The number of urea groups is 1. The van der Waals surface area contributed by atoms with E-state index >= 15 is 0 Å². The lowest BCUT2D eigenvalue weighted by atomic mass is 10.3. The third-order valence-corrected chi connectivity index (χ3v) is 4.64. The highest BCUT2D eigenvalue weighted by atomic mass is 79.9. The molecular formula is C13H16BrClFN3O. The van der Waals surface area contributed by atoms with Crippen LogP contribution in [-0.2, 0) is 0 Å². The molecule has 2 amide bonds. The third-order valence-electron chi connectivity index (χ3n) is 3.38. The first-order valence-electron chi connectivity index (χ1n) is 6.44. The zero-order chi connectivity index (χ0) is 14.7. The maximum atomic E-state index is 13.9. The number of carbonyl (C=O) groups is 1. The van der Waals surface area contributed by atoms with Crippen LogP contribution in [0, 0.1) is 5.82 Å². The van der Waals surface area contributed by atoms with Crippen LogP contribution in [0.5, 0.6) is 0 Å². The van der Waals surface area contributed by atoms with Crippen LogP contribution in [-0.4, -0.2) is 48.6 Å². The summed E-state index contributed by atoms with van der Waals surface area (Å²) in [5.74, 6) is -0.624. The van der Waals surface area contributed by atoms with Crippen molar-refractivity contribution in [1.82, 2.24) is 9.80 Å². The average molecular weight is 365 g/mol. The van der Waals surface area contributed by atoms with Gasteiger partial charge in [0.2, 0.25) is 0 Å². The average Bonchev–Trinajstić information content (AvgIpc) is 2.48. The van der Waals surface area contributed by atoms with Gasteiger partial charge in [-0.2, -0.15) is 0 Å². The Balaban J connectivity index is 2.00. The van der Waals surface area contributed by atoms with E-state index < -0.39 is 5.82 Å². The van der Waals surface area contributed by atoms with Gasteiger partial charge in [-0.3, -0.25) is 0 Å². The molecule has 0 bridgehead atoms. The Labute approximate surface area is 131 Å². The molecule has 1 N–H and O–H groups in total. The first-order chi connectivity index (χ1) is 9.52. The number of likely N-dealkylation sites (N-methyl/N-ethyl adjacent to an activating group) is 1. The molecule has 1 saturated heterocycles. The molecule has 0 spiro atoms. The van der Waals surface area contributed by atoms with Crippen molar-refractivity contribution in [1.29, 1.82) is 0 Å². The molecule has 2 rings (SSSR count). The van der Waals surface area contributed by atoms with Gasteiger partial charge in [-0.1, -0.05) is 18.5 Å². The van der Waals surface area contributed by atoms with Gasteiger partial charge in [-0.05, 0) is 34.6 Å². The number of rotatable bonds is 2. The first kappa shape index (κ1) is 15.5. The lowest BCUT2D eigenvalue weighted by Crippen LogP contribution is -2.49. The van der Waals surface area contributed by atoms with Crippen molar-refractivity contribution in [3.8, 4) is 0 Å². The predicted octanol–water partition coefficient (Wildman–Crippen LogP) is 3.41. The number of piperazine rings is 1. The molecule has 110 valence electrons. The van der Waals surface area contributed by atoms with Crippen molar-refractivity contribution < 1.29 is 9.18 Å². The Morgan fingerprint density at radius 2 is 2.05 bits per heavy atom. The van der Waals surface area contributed by atoms with Gasteiger partial charge >= 0.3 is 6.03 Å². The molecule has 0 radical (unpaired) electrons. The number of benzene rings is 1. The molecule has 0 aliphatic carbocycles. The Morgan fingerprint density at radius 3 is 2.65 bits per heavy atom. The minimum Gasteiger partial charge on any atom is -0.322 e. The summed E-state index contributed by atoms with van der Waals surface area (Å²) in [5, 5.41) is 2.54. The minimum absolute atomic E-state index is 0.0291. The zero-order valence-electron chi connectivity index (χ0n) is 11.1. The van der Waals surface area contributed by atoms with Crippen molar-refractivity contribution in [2.75, 3.05) is 38.0 Å². The van der Waals surface area contributed by atoms with Gasteiger partial charge in [0, 0.05) is 30.7 Å². The van der Waals surface area contributed by atoms with E-state index in [-0.39, 0.29) is 16.7 Å².